The summed E-state index contributed by atoms with van der Waals surface area (Å²) in [5.41, 5.74) is 2.88. The molecule has 3 aromatic carbocycles. The van der Waals surface area contributed by atoms with Crippen molar-refractivity contribution in [3.05, 3.63) is 83.9 Å². The Hall–Kier alpha value is -3.32. The Morgan fingerprint density at radius 3 is 2.45 bits per heavy atom. The Labute approximate surface area is 195 Å². The average Bonchev–Trinajstić information content (AvgIpc) is 2.82. The Morgan fingerprint density at radius 2 is 1.76 bits per heavy atom. The summed E-state index contributed by atoms with van der Waals surface area (Å²) in [6.07, 6.45) is 1.60. The van der Waals surface area contributed by atoms with Crippen LogP contribution in [0, 0.1) is 5.92 Å². The molecule has 6 nitrogen and oxygen atoms in total. The molecule has 0 aliphatic carbocycles. The van der Waals surface area contributed by atoms with Crippen molar-refractivity contribution in [1.82, 2.24) is 0 Å². The largest absolute Gasteiger partial charge is 0.493 e. The number of fused-ring (bicyclic) bond motifs is 1. The molecule has 0 saturated carbocycles. The standard InChI is InChI=1S/C26H28N2O4S/c1-19(2)18-32-23-11-13-24(14-12-23)33(30,31)27-22-10-15-25-21(17-22)9-6-16-28(25)26(29)20-7-4-3-5-8-20/h3-5,7-8,10-15,17,19,27H,6,9,16,18H2,1-2H3. The molecule has 33 heavy (non-hydrogen) atoms. The molecule has 1 N–H and O–H groups in total. The second-order valence-electron chi connectivity index (χ2n) is 8.55. The van der Waals surface area contributed by atoms with Crippen LogP contribution in [0.25, 0.3) is 0 Å². The highest BCUT2D eigenvalue weighted by Crippen LogP contribution is 2.31. The predicted octanol–water partition coefficient (Wildman–Crippen LogP) is 5.12. The summed E-state index contributed by atoms with van der Waals surface area (Å²) in [5, 5.41) is 0. The number of nitrogens with zero attached hydrogens (tertiary/aromatic N) is 1. The van der Waals surface area contributed by atoms with E-state index in [4.69, 9.17) is 4.74 Å². The second-order valence-corrected chi connectivity index (χ2v) is 10.2. The summed E-state index contributed by atoms with van der Waals surface area (Å²) in [6.45, 7) is 5.32. The van der Waals surface area contributed by atoms with Gasteiger partial charge in [0, 0.05) is 23.5 Å². The normalized spacial score (nSPS) is 13.5. The number of carbonyl (C=O) groups is 1. The van der Waals surface area contributed by atoms with Crippen LogP contribution in [0.3, 0.4) is 0 Å². The average molecular weight is 465 g/mol. The van der Waals surface area contributed by atoms with Crippen molar-refractivity contribution in [3.63, 3.8) is 0 Å². The number of ether oxygens (including phenoxy) is 1. The van der Waals surface area contributed by atoms with Crippen molar-refractivity contribution in [3.8, 4) is 5.75 Å². The minimum absolute atomic E-state index is 0.0512. The van der Waals surface area contributed by atoms with Gasteiger partial charge in [0.2, 0.25) is 0 Å². The molecular weight excluding hydrogens is 436 g/mol. The van der Waals surface area contributed by atoms with E-state index in [1.54, 1.807) is 35.2 Å². The van der Waals surface area contributed by atoms with Crippen LogP contribution in [-0.4, -0.2) is 27.5 Å². The fourth-order valence-corrected chi connectivity index (χ4v) is 4.85. The van der Waals surface area contributed by atoms with Gasteiger partial charge in [0.1, 0.15) is 5.75 Å². The number of hydrogen-bond donors (Lipinski definition) is 1. The molecule has 0 atom stereocenters. The number of nitrogens with one attached hydrogen (secondary N) is 1. The molecule has 1 amide bonds. The third-order valence-electron chi connectivity index (χ3n) is 5.43. The van der Waals surface area contributed by atoms with Crippen LogP contribution < -0.4 is 14.4 Å². The SMILES string of the molecule is CC(C)COc1ccc(S(=O)(=O)Nc2ccc3c(c2)CCCN3C(=O)c2ccccc2)cc1. The molecule has 0 aromatic heterocycles. The maximum Gasteiger partial charge on any atom is 0.261 e. The first kappa shape index (κ1) is 22.9. The minimum atomic E-state index is -3.75. The lowest BCUT2D eigenvalue weighted by Crippen LogP contribution is -2.35. The van der Waals surface area contributed by atoms with Crippen molar-refractivity contribution >= 4 is 27.3 Å². The lowest BCUT2D eigenvalue weighted by atomic mass is 10.00. The first-order valence-electron chi connectivity index (χ1n) is 11.1. The van der Waals surface area contributed by atoms with Crippen LogP contribution in [0.15, 0.2) is 77.7 Å². The van der Waals surface area contributed by atoms with Gasteiger partial charge in [-0.1, -0.05) is 32.0 Å². The van der Waals surface area contributed by atoms with Gasteiger partial charge in [-0.3, -0.25) is 9.52 Å². The molecule has 1 heterocycles. The predicted molar refractivity (Wildman–Crippen MR) is 130 cm³/mol. The van der Waals surface area contributed by atoms with E-state index >= 15 is 0 Å². The molecule has 1 aliphatic heterocycles. The quantitative estimate of drug-likeness (QED) is 0.527. The van der Waals surface area contributed by atoms with Gasteiger partial charge in [-0.25, -0.2) is 8.42 Å². The summed E-state index contributed by atoms with van der Waals surface area (Å²) in [4.78, 5) is 14.9. The highest BCUT2D eigenvalue weighted by atomic mass is 32.2. The molecule has 0 saturated heterocycles. The van der Waals surface area contributed by atoms with Crippen molar-refractivity contribution in [2.75, 3.05) is 22.8 Å². The number of anilines is 2. The van der Waals surface area contributed by atoms with Gasteiger partial charge in [0.15, 0.2) is 0 Å². The molecule has 172 valence electrons. The smallest absolute Gasteiger partial charge is 0.261 e. The first-order valence-corrected chi connectivity index (χ1v) is 12.6. The van der Waals surface area contributed by atoms with Crippen molar-refractivity contribution in [2.45, 2.75) is 31.6 Å². The Morgan fingerprint density at radius 1 is 1.03 bits per heavy atom. The molecule has 0 fully saturated rings. The molecule has 3 aromatic rings. The minimum Gasteiger partial charge on any atom is -0.493 e. The van der Waals surface area contributed by atoms with Crippen molar-refractivity contribution < 1.29 is 17.9 Å². The number of aryl methyl sites for hydroxylation is 1. The van der Waals surface area contributed by atoms with Gasteiger partial charge in [0.25, 0.3) is 15.9 Å². The van der Waals surface area contributed by atoms with E-state index < -0.39 is 10.0 Å². The lowest BCUT2D eigenvalue weighted by Gasteiger charge is -2.30. The number of amides is 1. The molecule has 7 heteroatoms. The maximum atomic E-state index is 13.0. The van der Waals surface area contributed by atoms with Crippen LogP contribution >= 0.6 is 0 Å². The third kappa shape index (κ3) is 5.37. The van der Waals surface area contributed by atoms with E-state index in [1.807, 2.05) is 30.3 Å². The van der Waals surface area contributed by atoms with Crippen LogP contribution in [0.1, 0.15) is 36.2 Å². The van der Waals surface area contributed by atoms with Crippen LogP contribution in [0.2, 0.25) is 0 Å². The number of benzene rings is 3. The van der Waals surface area contributed by atoms with E-state index in [0.29, 0.717) is 36.1 Å². The Bertz CT molecular complexity index is 1220. The Balaban J connectivity index is 1.51. The molecule has 0 bridgehead atoms. The highest BCUT2D eigenvalue weighted by molar-refractivity contribution is 7.92. The van der Waals surface area contributed by atoms with Gasteiger partial charge in [-0.15, -0.1) is 0 Å². The van der Waals surface area contributed by atoms with E-state index in [0.717, 1.165) is 24.1 Å². The van der Waals surface area contributed by atoms with Crippen LogP contribution in [0.5, 0.6) is 5.75 Å². The summed E-state index contributed by atoms with van der Waals surface area (Å²) in [7, 11) is -3.75. The van der Waals surface area contributed by atoms with Crippen LogP contribution in [-0.2, 0) is 16.4 Å². The van der Waals surface area contributed by atoms with E-state index in [2.05, 4.69) is 18.6 Å². The second kappa shape index (κ2) is 9.67. The molecule has 0 unspecified atom stereocenters. The summed E-state index contributed by atoms with van der Waals surface area (Å²) >= 11 is 0. The third-order valence-corrected chi connectivity index (χ3v) is 6.83. The number of rotatable bonds is 7. The molecule has 0 spiro atoms. The van der Waals surface area contributed by atoms with Gasteiger partial charge in [-0.2, -0.15) is 0 Å². The van der Waals surface area contributed by atoms with Crippen molar-refractivity contribution in [2.24, 2.45) is 5.92 Å². The number of carbonyl (C=O) groups excluding carboxylic acids is 1. The molecule has 1 aliphatic rings. The summed E-state index contributed by atoms with van der Waals surface area (Å²) in [5.74, 6) is 0.974. The fraction of sp³-hybridized carbons (Fsp3) is 0.269. The number of hydrogen-bond acceptors (Lipinski definition) is 4. The molecular formula is C26H28N2O4S. The monoisotopic (exact) mass is 464 g/mol. The maximum absolute atomic E-state index is 13.0. The van der Waals surface area contributed by atoms with Gasteiger partial charge in [0.05, 0.1) is 11.5 Å². The highest BCUT2D eigenvalue weighted by Gasteiger charge is 2.24. The topological polar surface area (TPSA) is 75.7 Å². The van der Waals surface area contributed by atoms with Crippen LogP contribution in [0.4, 0.5) is 11.4 Å². The lowest BCUT2D eigenvalue weighted by molar-refractivity contribution is 0.0985. The molecule has 0 radical (unpaired) electrons. The van der Waals surface area contributed by atoms with E-state index in [1.165, 1.54) is 12.1 Å². The molecule has 4 rings (SSSR count). The summed E-state index contributed by atoms with van der Waals surface area (Å²) < 4.78 is 34.1. The van der Waals surface area contributed by atoms with Gasteiger partial charge < -0.3 is 9.64 Å². The van der Waals surface area contributed by atoms with Gasteiger partial charge >= 0.3 is 0 Å². The van der Waals surface area contributed by atoms with E-state index in [9.17, 15) is 13.2 Å². The van der Waals surface area contributed by atoms with Gasteiger partial charge in [-0.05, 0) is 78.9 Å². The van der Waals surface area contributed by atoms with E-state index in [-0.39, 0.29) is 10.8 Å². The van der Waals surface area contributed by atoms with Crippen molar-refractivity contribution in [1.29, 1.82) is 0 Å². The summed E-state index contributed by atoms with van der Waals surface area (Å²) in [6, 6.07) is 20.9. The zero-order valence-electron chi connectivity index (χ0n) is 18.8. The number of sulfonamides is 1. The Kier molecular flexibility index (Phi) is 6.70. The first-order chi connectivity index (χ1) is 15.8. The zero-order chi connectivity index (χ0) is 23.4. The zero-order valence-corrected chi connectivity index (χ0v) is 19.6. The fourth-order valence-electron chi connectivity index (χ4n) is 3.80.